The molecule has 0 aromatic heterocycles. The van der Waals surface area contributed by atoms with Crippen LogP contribution in [0.4, 0.5) is 47.3 Å². The number of hydrogen-bond donors (Lipinski definition) is 0. The largest absolute Gasteiger partial charge is 0.573 e. The van der Waals surface area contributed by atoms with Crippen molar-refractivity contribution in [1.82, 2.24) is 0 Å². The van der Waals surface area contributed by atoms with Crippen molar-refractivity contribution in [3.63, 3.8) is 0 Å². The van der Waals surface area contributed by atoms with E-state index in [2.05, 4.69) is 159 Å². The third kappa shape index (κ3) is 5.22. The highest BCUT2D eigenvalue weighted by Gasteiger charge is 2.46. The monoisotopic (exact) mass is 760 g/mol. The molecule has 7 heteroatoms. The normalized spacial score (nSPS) is 13.3. The smallest absolute Gasteiger partial charge is 0.406 e. The van der Waals surface area contributed by atoms with Crippen LogP contribution in [0.5, 0.6) is 5.75 Å². The quantitative estimate of drug-likeness (QED) is 0.167. The molecule has 3 nitrogen and oxygen atoms in total. The summed E-state index contributed by atoms with van der Waals surface area (Å²) in [5.74, 6) is -0.275. The van der Waals surface area contributed by atoms with Crippen molar-refractivity contribution in [2.45, 2.75) is 34.1 Å². The molecule has 9 aromatic carbocycles. The zero-order valence-corrected chi connectivity index (χ0v) is 32.4. The van der Waals surface area contributed by atoms with E-state index in [1.165, 1.54) is 0 Å². The van der Waals surface area contributed by atoms with Gasteiger partial charge in [0.1, 0.15) is 5.75 Å². The molecule has 58 heavy (non-hydrogen) atoms. The van der Waals surface area contributed by atoms with Gasteiger partial charge in [-0.3, -0.25) is 0 Å². The second-order valence-corrected chi connectivity index (χ2v) is 16.0. The Morgan fingerprint density at radius 3 is 1.22 bits per heavy atom. The highest BCUT2D eigenvalue weighted by molar-refractivity contribution is 7.00. The molecular formula is C51H36BF3N2O. The van der Waals surface area contributed by atoms with E-state index in [1.54, 1.807) is 12.1 Å². The molecule has 0 fully saturated rings. The van der Waals surface area contributed by atoms with E-state index in [1.807, 2.05) is 12.1 Å². The van der Waals surface area contributed by atoms with Gasteiger partial charge >= 0.3 is 6.36 Å². The molecule has 9 aromatic rings. The van der Waals surface area contributed by atoms with Gasteiger partial charge in [-0.1, -0.05) is 119 Å². The lowest BCUT2D eigenvalue weighted by Crippen LogP contribution is -2.61. The van der Waals surface area contributed by atoms with Crippen LogP contribution in [0.25, 0.3) is 43.1 Å². The van der Waals surface area contributed by atoms with Crippen LogP contribution < -0.4 is 30.9 Å². The molecule has 2 aliphatic rings. The number of ether oxygens (including phenoxy) is 1. The number of alkyl halides is 3. The topological polar surface area (TPSA) is 15.7 Å². The summed E-state index contributed by atoms with van der Waals surface area (Å²) in [6, 6.07) is 50.1. The number of nitrogens with zero attached hydrogens (tertiary/aromatic N) is 2. The molecule has 0 atom stereocenters. The number of hydrogen-bond acceptors (Lipinski definition) is 3. The lowest BCUT2D eigenvalue weighted by molar-refractivity contribution is -0.274. The van der Waals surface area contributed by atoms with Crippen LogP contribution >= 0.6 is 0 Å². The Morgan fingerprint density at radius 2 is 0.810 bits per heavy atom. The zero-order chi connectivity index (χ0) is 39.6. The minimum absolute atomic E-state index is 0.275. The fourth-order valence-corrected chi connectivity index (χ4v) is 9.64. The molecule has 0 saturated carbocycles. The van der Waals surface area contributed by atoms with Gasteiger partial charge in [-0.15, -0.1) is 13.2 Å². The van der Waals surface area contributed by atoms with E-state index in [0.29, 0.717) is 11.4 Å². The van der Waals surface area contributed by atoms with Crippen LogP contribution in [0.15, 0.2) is 146 Å². The second-order valence-electron chi connectivity index (χ2n) is 16.0. The molecule has 0 bridgehead atoms. The summed E-state index contributed by atoms with van der Waals surface area (Å²) in [5, 5.41) is 8.26. The van der Waals surface area contributed by atoms with Crippen LogP contribution in [-0.2, 0) is 0 Å². The lowest BCUT2D eigenvalue weighted by Gasteiger charge is -2.45. The minimum Gasteiger partial charge on any atom is -0.406 e. The van der Waals surface area contributed by atoms with E-state index in [-0.39, 0.29) is 12.5 Å². The van der Waals surface area contributed by atoms with Gasteiger partial charge < -0.3 is 14.5 Å². The molecule has 0 saturated heterocycles. The average molecular weight is 761 g/mol. The standard InChI is InChI=1S/C51H36BF3N2O/c1-29-11-15-33-7-5-9-44(38(33)23-29)56-46-27-37(58-51(53,54)55)28-47-48(46)52(42-21-19-35-17-13-31(3)25-40(35)49(42)56)43-22-20-36-18-14-32(4)26-41(36)50(43)57(47)45-10-6-8-34-16-12-30(2)24-39(34)45/h5-28H,1-4H3. The average Bonchev–Trinajstić information content (AvgIpc) is 3.19. The molecule has 2 aliphatic heterocycles. The Balaban J connectivity index is 1.35. The maximum atomic E-state index is 14.6. The first-order chi connectivity index (χ1) is 28.0. The van der Waals surface area contributed by atoms with Gasteiger partial charge in [-0.05, 0) is 102 Å². The molecule has 280 valence electrons. The number of benzene rings is 9. The number of anilines is 6. The molecule has 0 spiro atoms. The molecule has 0 N–H and O–H groups in total. The summed E-state index contributed by atoms with van der Waals surface area (Å²) in [4.78, 5) is 4.41. The summed E-state index contributed by atoms with van der Waals surface area (Å²) in [5.41, 5.74) is 12.4. The Bertz CT molecular complexity index is 3020. The van der Waals surface area contributed by atoms with Crippen molar-refractivity contribution in [1.29, 1.82) is 0 Å². The van der Waals surface area contributed by atoms with Crippen molar-refractivity contribution in [3.8, 4) is 5.75 Å². The third-order valence-electron chi connectivity index (χ3n) is 12.1. The fraction of sp³-hybridized carbons (Fsp3) is 0.0980. The predicted octanol–water partition coefficient (Wildman–Crippen LogP) is 12.5. The van der Waals surface area contributed by atoms with Crippen molar-refractivity contribution < 1.29 is 17.9 Å². The van der Waals surface area contributed by atoms with Crippen molar-refractivity contribution in [2.75, 3.05) is 9.80 Å². The summed E-state index contributed by atoms with van der Waals surface area (Å²) in [6.07, 6.45) is -4.92. The molecule has 0 aliphatic carbocycles. The van der Waals surface area contributed by atoms with Crippen LogP contribution in [0.3, 0.4) is 0 Å². The van der Waals surface area contributed by atoms with E-state index in [0.717, 1.165) is 104 Å². The van der Waals surface area contributed by atoms with E-state index >= 15 is 0 Å². The van der Waals surface area contributed by atoms with Crippen LogP contribution in [0.2, 0.25) is 0 Å². The first-order valence-electron chi connectivity index (χ1n) is 19.6. The summed E-state index contributed by atoms with van der Waals surface area (Å²) < 4.78 is 48.7. The molecule has 0 unspecified atom stereocenters. The van der Waals surface area contributed by atoms with Crippen molar-refractivity contribution in [2.24, 2.45) is 0 Å². The highest BCUT2D eigenvalue weighted by atomic mass is 19.4. The molecule has 0 radical (unpaired) electrons. The Kier molecular flexibility index (Phi) is 7.37. The highest BCUT2D eigenvalue weighted by Crippen LogP contribution is 2.51. The molecule has 0 amide bonds. The predicted molar refractivity (Wildman–Crippen MR) is 236 cm³/mol. The second kappa shape index (κ2) is 12.4. The summed E-state index contributed by atoms with van der Waals surface area (Å²) >= 11 is 0. The number of halogens is 3. The molecule has 2 heterocycles. The van der Waals surface area contributed by atoms with Crippen molar-refractivity contribution >= 4 is 100 Å². The number of aryl methyl sites for hydroxylation is 4. The first kappa shape index (κ1) is 34.5. The zero-order valence-electron chi connectivity index (χ0n) is 32.4. The Labute approximate surface area is 334 Å². The summed E-state index contributed by atoms with van der Waals surface area (Å²) in [7, 11) is 0. The lowest BCUT2D eigenvalue weighted by atomic mass is 9.33. The van der Waals surface area contributed by atoms with Crippen molar-refractivity contribution in [3.05, 3.63) is 168 Å². The maximum Gasteiger partial charge on any atom is 0.573 e. The molecular weight excluding hydrogens is 724 g/mol. The van der Waals surface area contributed by atoms with E-state index < -0.39 is 6.36 Å². The number of rotatable bonds is 3. The van der Waals surface area contributed by atoms with Gasteiger partial charge in [0.05, 0.1) is 11.4 Å². The fourth-order valence-electron chi connectivity index (χ4n) is 9.64. The van der Waals surface area contributed by atoms with Gasteiger partial charge in [0.2, 0.25) is 0 Å². The van der Waals surface area contributed by atoms with E-state index in [9.17, 15) is 13.2 Å². The van der Waals surface area contributed by atoms with Gasteiger partial charge in [0.25, 0.3) is 6.71 Å². The van der Waals surface area contributed by atoms with Crippen LogP contribution in [0.1, 0.15) is 22.3 Å². The van der Waals surface area contributed by atoms with Gasteiger partial charge in [-0.25, -0.2) is 0 Å². The first-order valence-corrected chi connectivity index (χ1v) is 19.6. The third-order valence-corrected chi connectivity index (χ3v) is 12.1. The summed E-state index contributed by atoms with van der Waals surface area (Å²) in [6.45, 7) is 8.00. The Morgan fingerprint density at radius 1 is 0.431 bits per heavy atom. The van der Waals surface area contributed by atoms with Crippen LogP contribution in [-0.4, -0.2) is 13.1 Å². The SMILES string of the molecule is Cc1ccc2cccc(N3c4cc(OC(F)(F)F)cc5c4B(c4ccc6ccc(C)cc6c43)c3ccc4ccc(C)cc4c3N5c3cccc4ccc(C)cc34)c2c1. The Hall–Kier alpha value is -6.73. The minimum atomic E-state index is -4.92. The van der Waals surface area contributed by atoms with Gasteiger partial charge in [-0.2, -0.15) is 0 Å². The van der Waals surface area contributed by atoms with Crippen LogP contribution in [0, 0.1) is 27.7 Å². The van der Waals surface area contributed by atoms with Gasteiger partial charge in [0.15, 0.2) is 0 Å². The maximum absolute atomic E-state index is 14.6. The van der Waals surface area contributed by atoms with E-state index in [4.69, 9.17) is 4.74 Å². The van der Waals surface area contributed by atoms with Gasteiger partial charge in [0, 0.05) is 56.4 Å². The number of fused-ring (bicyclic) bond motifs is 10. The molecule has 11 rings (SSSR count).